The molecule has 4 N–H and O–H groups in total. The van der Waals surface area contributed by atoms with Crippen molar-refractivity contribution in [2.75, 3.05) is 0 Å². The molecule has 7 nitrogen and oxygen atoms in total. The first kappa shape index (κ1) is 16.6. The largest absolute Gasteiger partial charge is 0.481 e. The van der Waals surface area contributed by atoms with Gasteiger partial charge >= 0.3 is 5.97 Å². The number of amides is 2. The van der Waals surface area contributed by atoms with E-state index in [2.05, 4.69) is 5.32 Å². The van der Waals surface area contributed by atoms with Gasteiger partial charge in [-0.2, -0.15) is 0 Å². The van der Waals surface area contributed by atoms with Crippen molar-refractivity contribution < 1.29 is 24.7 Å². The Morgan fingerprint density at radius 1 is 1.19 bits per heavy atom. The van der Waals surface area contributed by atoms with Crippen LogP contribution in [0.3, 0.4) is 0 Å². The highest BCUT2D eigenvalue weighted by molar-refractivity contribution is 5.96. The Morgan fingerprint density at radius 3 is 2.33 bits per heavy atom. The smallest absolute Gasteiger partial charge is 0.315 e. The lowest BCUT2D eigenvalue weighted by atomic mass is 10.0. The Kier molecular flexibility index (Phi) is 6.35. The van der Waals surface area contributed by atoms with Crippen LogP contribution < -0.4 is 10.8 Å². The van der Waals surface area contributed by atoms with Crippen molar-refractivity contribution in [3.05, 3.63) is 35.9 Å². The summed E-state index contributed by atoms with van der Waals surface area (Å²) in [6.45, 7) is 1.27. The van der Waals surface area contributed by atoms with E-state index >= 15 is 0 Å². The summed E-state index contributed by atoms with van der Waals surface area (Å²) < 4.78 is 0. The number of carboxylic acids is 1. The van der Waals surface area contributed by atoms with Crippen LogP contribution in [0.1, 0.15) is 18.9 Å². The number of carboxylic acid groups (broad SMARTS) is 1. The molecule has 2 amide bonds. The van der Waals surface area contributed by atoms with Crippen LogP contribution >= 0.6 is 0 Å². The van der Waals surface area contributed by atoms with E-state index in [1.807, 2.05) is 30.3 Å². The number of aliphatic carboxylic acids is 1. The van der Waals surface area contributed by atoms with Crippen molar-refractivity contribution in [1.29, 1.82) is 0 Å². The zero-order valence-electron chi connectivity index (χ0n) is 11.6. The van der Waals surface area contributed by atoms with Crippen molar-refractivity contribution in [3.8, 4) is 0 Å². The van der Waals surface area contributed by atoms with Crippen LogP contribution in [0.4, 0.5) is 0 Å². The summed E-state index contributed by atoms with van der Waals surface area (Å²) in [5, 5.41) is 19.9. The Morgan fingerprint density at radius 2 is 1.81 bits per heavy atom. The van der Waals surface area contributed by atoms with Gasteiger partial charge in [0.15, 0.2) is 0 Å². The quantitative estimate of drug-likeness (QED) is 0.328. The highest BCUT2D eigenvalue weighted by Gasteiger charge is 2.24. The predicted octanol–water partition coefficient (Wildman–Crippen LogP) is 0.330. The van der Waals surface area contributed by atoms with Gasteiger partial charge in [-0.3, -0.25) is 19.6 Å². The van der Waals surface area contributed by atoms with Gasteiger partial charge in [0.05, 0.1) is 0 Å². The molecule has 21 heavy (non-hydrogen) atoms. The molecular formula is C14H18N2O5. The molecule has 1 aromatic rings. The molecule has 0 saturated heterocycles. The average molecular weight is 294 g/mol. The number of carbonyl (C=O) groups excluding carboxylic acids is 2. The molecule has 2 unspecified atom stereocenters. The second-order valence-corrected chi connectivity index (χ2v) is 4.69. The van der Waals surface area contributed by atoms with Crippen LogP contribution in [-0.2, 0) is 20.8 Å². The normalized spacial score (nSPS) is 13.0. The van der Waals surface area contributed by atoms with Gasteiger partial charge in [0.1, 0.15) is 5.92 Å². The fraction of sp³-hybridized carbons (Fsp3) is 0.357. The van der Waals surface area contributed by atoms with E-state index in [9.17, 15) is 14.4 Å². The van der Waals surface area contributed by atoms with Crippen molar-refractivity contribution in [1.82, 2.24) is 10.8 Å². The minimum atomic E-state index is -1.24. The first-order valence-corrected chi connectivity index (χ1v) is 6.44. The average Bonchev–Trinajstić information content (AvgIpc) is 2.46. The zero-order valence-corrected chi connectivity index (χ0v) is 11.6. The number of benzene rings is 1. The molecule has 0 radical (unpaired) electrons. The van der Waals surface area contributed by atoms with E-state index in [1.165, 1.54) is 12.4 Å². The molecular weight excluding hydrogens is 276 g/mol. The molecule has 0 aliphatic rings. The summed E-state index contributed by atoms with van der Waals surface area (Å²) in [5.74, 6) is -3.77. The Bertz CT molecular complexity index is 503. The lowest BCUT2D eigenvalue weighted by Gasteiger charge is -2.19. The highest BCUT2D eigenvalue weighted by Crippen LogP contribution is 2.07. The van der Waals surface area contributed by atoms with E-state index in [-0.39, 0.29) is 6.42 Å². The van der Waals surface area contributed by atoms with Crippen LogP contribution in [0, 0.1) is 5.92 Å². The number of hydroxylamine groups is 1. The molecule has 1 rings (SSSR count). The fourth-order valence-corrected chi connectivity index (χ4v) is 1.78. The third-order valence-electron chi connectivity index (χ3n) is 2.99. The summed E-state index contributed by atoms with van der Waals surface area (Å²) >= 11 is 0. The maximum Gasteiger partial charge on any atom is 0.315 e. The van der Waals surface area contributed by atoms with Crippen molar-refractivity contribution in [3.63, 3.8) is 0 Å². The van der Waals surface area contributed by atoms with Crippen LogP contribution in [0.5, 0.6) is 0 Å². The maximum atomic E-state index is 11.8. The van der Waals surface area contributed by atoms with Gasteiger partial charge in [0, 0.05) is 12.5 Å². The third kappa shape index (κ3) is 5.62. The van der Waals surface area contributed by atoms with Gasteiger partial charge < -0.3 is 10.4 Å². The predicted molar refractivity (Wildman–Crippen MR) is 73.4 cm³/mol. The van der Waals surface area contributed by atoms with Crippen LogP contribution in [0.25, 0.3) is 0 Å². The van der Waals surface area contributed by atoms with E-state index in [4.69, 9.17) is 10.3 Å². The minimum absolute atomic E-state index is 0.149. The monoisotopic (exact) mass is 294 g/mol. The third-order valence-corrected chi connectivity index (χ3v) is 2.99. The Balaban J connectivity index is 2.75. The van der Waals surface area contributed by atoms with Crippen LogP contribution in [0.2, 0.25) is 0 Å². The summed E-state index contributed by atoms with van der Waals surface area (Å²) in [6.07, 6.45) is 0.204. The molecule has 0 aliphatic heterocycles. The molecule has 0 spiro atoms. The summed E-state index contributed by atoms with van der Waals surface area (Å²) in [7, 11) is 0. The van der Waals surface area contributed by atoms with E-state index in [0.29, 0.717) is 6.42 Å². The van der Waals surface area contributed by atoms with E-state index in [0.717, 1.165) is 5.56 Å². The molecule has 0 aliphatic carbocycles. The van der Waals surface area contributed by atoms with Crippen LogP contribution in [0.15, 0.2) is 30.3 Å². The maximum absolute atomic E-state index is 11.8. The lowest BCUT2D eigenvalue weighted by Crippen LogP contribution is -2.43. The molecule has 0 fully saturated rings. The Labute approximate surface area is 121 Å². The van der Waals surface area contributed by atoms with E-state index in [1.54, 1.807) is 0 Å². The summed E-state index contributed by atoms with van der Waals surface area (Å²) in [4.78, 5) is 33.8. The SMILES string of the molecule is CC(C(=O)O)C(=O)NC(CC(=O)NO)Cc1ccccc1. The molecule has 0 heterocycles. The topological polar surface area (TPSA) is 116 Å². The number of hydrogen-bond donors (Lipinski definition) is 4. The number of hydrogen-bond acceptors (Lipinski definition) is 4. The van der Waals surface area contributed by atoms with Crippen LogP contribution in [-0.4, -0.2) is 34.1 Å². The molecule has 0 saturated carbocycles. The number of carbonyl (C=O) groups is 3. The molecule has 0 bridgehead atoms. The van der Waals surface area contributed by atoms with Gasteiger partial charge in [0.2, 0.25) is 11.8 Å². The highest BCUT2D eigenvalue weighted by atomic mass is 16.5. The zero-order chi connectivity index (χ0) is 15.8. The Hall–Kier alpha value is -2.41. The lowest BCUT2D eigenvalue weighted by molar-refractivity contribution is -0.146. The van der Waals surface area contributed by atoms with Gasteiger partial charge in [-0.1, -0.05) is 30.3 Å². The van der Waals surface area contributed by atoms with Crippen molar-refractivity contribution in [2.45, 2.75) is 25.8 Å². The molecule has 114 valence electrons. The number of rotatable bonds is 7. The van der Waals surface area contributed by atoms with Gasteiger partial charge in [0.25, 0.3) is 0 Å². The van der Waals surface area contributed by atoms with E-state index < -0.39 is 29.7 Å². The van der Waals surface area contributed by atoms with Gasteiger partial charge in [-0.05, 0) is 18.9 Å². The molecule has 1 aromatic carbocycles. The second kappa shape index (κ2) is 8.01. The fourth-order valence-electron chi connectivity index (χ4n) is 1.78. The summed E-state index contributed by atoms with van der Waals surface area (Å²) in [5.41, 5.74) is 2.39. The molecule has 2 atom stereocenters. The second-order valence-electron chi connectivity index (χ2n) is 4.69. The number of nitrogens with one attached hydrogen (secondary N) is 2. The minimum Gasteiger partial charge on any atom is -0.481 e. The van der Waals surface area contributed by atoms with Gasteiger partial charge in [-0.15, -0.1) is 0 Å². The van der Waals surface area contributed by atoms with Crippen molar-refractivity contribution in [2.24, 2.45) is 5.92 Å². The standard InChI is InChI=1S/C14H18N2O5/c1-9(14(19)20)13(18)15-11(8-12(17)16-21)7-10-5-3-2-4-6-10/h2-6,9,11,21H,7-8H2,1H3,(H,15,18)(H,16,17)(H,19,20). The molecule has 0 aromatic heterocycles. The first-order chi connectivity index (χ1) is 9.93. The first-order valence-electron chi connectivity index (χ1n) is 6.44. The summed E-state index contributed by atoms with van der Waals surface area (Å²) in [6, 6.07) is 8.53. The van der Waals surface area contributed by atoms with Gasteiger partial charge in [-0.25, -0.2) is 5.48 Å². The molecule has 7 heteroatoms. The van der Waals surface area contributed by atoms with Crippen molar-refractivity contribution >= 4 is 17.8 Å².